The first-order valence-electron chi connectivity index (χ1n) is 8.67. The number of hydrogen-bond acceptors (Lipinski definition) is 9. The van der Waals surface area contributed by atoms with Crippen LogP contribution < -0.4 is 5.73 Å². The van der Waals surface area contributed by atoms with Crippen LogP contribution in [0.3, 0.4) is 0 Å². The Morgan fingerprint density at radius 2 is 2.10 bits per heavy atom. The third kappa shape index (κ3) is 5.94. The average molecular weight is 456 g/mol. The molecule has 0 spiro atoms. The van der Waals surface area contributed by atoms with E-state index in [-0.39, 0.29) is 12.7 Å². The van der Waals surface area contributed by atoms with Gasteiger partial charge in [0.1, 0.15) is 18.2 Å². The Bertz CT molecular complexity index is 1020. The molecule has 0 saturated heterocycles. The highest BCUT2D eigenvalue weighted by molar-refractivity contribution is 8.76. The number of nitrogen functional groups attached to an aromatic ring is 1. The molecule has 0 aliphatic carbocycles. The largest absolute Gasteiger partial charge is 0.382 e. The van der Waals surface area contributed by atoms with Crippen LogP contribution in [0.15, 0.2) is 41.8 Å². The third-order valence-electron chi connectivity index (χ3n) is 3.97. The van der Waals surface area contributed by atoms with Crippen molar-refractivity contribution >= 4 is 46.2 Å². The van der Waals surface area contributed by atoms with Crippen molar-refractivity contribution in [3.8, 4) is 0 Å². The molecule has 3 N–H and O–H groups in total. The second-order valence-electron chi connectivity index (χ2n) is 6.20. The lowest BCUT2D eigenvalue weighted by molar-refractivity contribution is 0.0708. The first-order valence-corrected chi connectivity index (χ1v) is 13.0. The van der Waals surface area contributed by atoms with Gasteiger partial charge in [0, 0.05) is 4.90 Å². The average Bonchev–Trinajstić information content (AvgIpc) is 3.10. The zero-order valence-electron chi connectivity index (χ0n) is 16.0. The van der Waals surface area contributed by atoms with Gasteiger partial charge in [0.15, 0.2) is 11.5 Å². The van der Waals surface area contributed by atoms with Crippen molar-refractivity contribution in [1.29, 1.82) is 0 Å². The van der Waals surface area contributed by atoms with Gasteiger partial charge in [0.25, 0.3) is 0 Å². The van der Waals surface area contributed by atoms with Crippen molar-refractivity contribution in [2.24, 2.45) is 0 Å². The molecule has 12 heteroatoms. The summed E-state index contributed by atoms with van der Waals surface area (Å²) in [4.78, 5) is 23.4. The van der Waals surface area contributed by atoms with E-state index in [1.54, 1.807) is 39.4 Å². The summed E-state index contributed by atoms with van der Waals surface area (Å²) in [6.07, 6.45) is 4.15. The minimum absolute atomic E-state index is 0.0393. The lowest BCUT2D eigenvalue weighted by atomic mass is 10.2. The number of nitrogens with two attached hydrogens (primary N) is 1. The quantitative estimate of drug-likeness (QED) is 0.346. The summed E-state index contributed by atoms with van der Waals surface area (Å²) in [7, 11) is -0.724. The summed E-state index contributed by atoms with van der Waals surface area (Å²) in [6, 6.07) is 7.62. The molecule has 1 aromatic carbocycles. The third-order valence-corrected chi connectivity index (χ3v) is 6.76. The number of fused-ring (bicyclic) bond motifs is 1. The standard InChI is InChI=1S/C17H22N5O4PS2/c1-12(7-22-10-21-15-16(18)19-9-20-17(15)22)25-11-27(23,24)26-8-13-5-3-4-6-14(13)29-28-2/h3-6,9-10,12H,7-8,11H2,1-2H3,(H,23,24)(H2,18,19,20)/t12-/m1/s1. The topological polar surface area (TPSA) is 125 Å². The SMILES string of the molecule is CSSc1ccccc1COP(=O)(O)CO[C@H](C)Cn1cnc2c(N)ncnc21. The Morgan fingerprint density at radius 1 is 1.31 bits per heavy atom. The van der Waals surface area contributed by atoms with E-state index in [4.69, 9.17) is 15.0 Å². The summed E-state index contributed by atoms with van der Waals surface area (Å²) in [5.41, 5.74) is 7.73. The fourth-order valence-electron chi connectivity index (χ4n) is 2.59. The lowest BCUT2D eigenvalue weighted by Crippen LogP contribution is -2.17. The van der Waals surface area contributed by atoms with Gasteiger partial charge in [-0.1, -0.05) is 39.8 Å². The van der Waals surface area contributed by atoms with Gasteiger partial charge in [-0.2, -0.15) is 0 Å². The second-order valence-corrected chi connectivity index (χ2v) is 10.4. The van der Waals surface area contributed by atoms with Crippen LogP contribution in [0.5, 0.6) is 0 Å². The number of imidazole rings is 1. The van der Waals surface area contributed by atoms with Gasteiger partial charge >= 0.3 is 7.60 Å². The first-order chi connectivity index (χ1) is 13.9. The van der Waals surface area contributed by atoms with Crippen molar-refractivity contribution < 1.29 is 18.7 Å². The zero-order valence-corrected chi connectivity index (χ0v) is 18.5. The Hall–Kier alpha value is -1.62. The predicted molar refractivity (Wildman–Crippen MR) is 116 cm³/mol. The molecule has 0 aliphatic heterocycles. The lowest BCUT2D eigenvalue weighted by Gasteiger charge is -2.18. The van der Waals surface area contributed by atoms with Crippen LogP contribution in [0.25, 0.3) is 11.2 Å². The van der Waals surface area contributed by atoms with E-state index in [0.29, 0.717) is 23.5 Å². The molecule has 0 amide bonds. The van der Waals surface area contributed by atoms with Gasteiger partial charge in [0.2, 0.25) is 0 Å². The number of hydrogen-bond donors (Lipinski definition) is 2. The van der Waals surface area contributed by atoms with Crippen molar-refractivity contribution in [3.63, 3.8) is 0 Å². The molecule has 0 fully saturated rings. The minimum Gasteiger partial charge on any atom is -0.382 e. The summed E-state index contributed by atoms with van der Waals surface area (Å²) in [6.45, 7) is 2.22. The molecule has 2 heterocycles. The Kier molecular flexibility index (Phi) is 7.55. The molecule has 0 saturated carbocycles. The normalized spacial score (nSPS) is 14.7. The van der Waals surface area contributed by atoms with Crippen LogP contribution in [0, 0.1) is 0 Å². The van der Waals surface area contributed by atoms with Crippen LogP contribution in [0.1, 0.15) is 12.5 Å². The smallest absolute Gasteiger partial charge is 0.353 e. The first kappa shape index (κ1) is 22.1. The molecule has 3 aromatic rings. The molecule has 0 bridgehead atoms. The molecule has 1 unspecified atom stereocenters. The van der Waals surface area contributed by atoms with Gasteiger partial charge in [-0.15, -0.1) is 0 Å². The van der Waals surface area contributed by atoms with Gasteiger partial charge in [-0.05, 0) is 24.8 Å². The number of aromatic nitrogens is 4. The maximum Gasteiger partial charge on any atom is 0.353 e. The van der Waals surface area contributed by atoms with Crippen molar-refractivity contribution in [1.82, 2.24) is 19.5 Å². The fraction of sp³-hybridized carbons (Fsp3) is 0.353. The molecule has 2 aromatic heterocycles. The highest BCUT2D eigenvalue weighted by atomic mass is 33.1. The number of ether oxygens (including phenoxy) is 1. The van der Waals surface area contributed by atoms with Gasteiger partial charge in [-0.25, -0.2) is 15.0 Å². The summed E-state index contributed by atoms with van der Waals surface area (Å²) < 4.78 is 25.0. The van der Waals surface area contributed by atoms with Crippen LogP contribution in [0.4, 0.5) is 5.82 Å². The Morgan fingerprint density at radius 3 is 2.90 bits per heavy atom. The van der Waals surface area contributed by atoms with E-state index in [0.717, 1.165) is 10.5 Å². The van der Waals surface area contributed by atoms with Gasteiger partial charge in [-0.3, -0.25) is 4.57 Å². The Balaban J connectivity index is 1.54. The van der Waals surface area contributed by atoms with Crippen molar-refractivity contribution in [2.45, 2.75) is 31.1 Å². The monoisotopic (exact) mass is 455 g/mol. The zero-order chi connectivity index (χ0) is 20.9. The predicted octanol–water partition coefficient (Wildman–Crippen LogP) is 3.54. The van der Waals surface area contributed by atoms with E-state index in [2.05, 4.69) is 15.0 Å². The Labute approximate surface area is 176 Å². The van der Waals surface area contributed by atoms with Crippen molar-refractivity contribution in [3.05, 3.63) is 42.5 Å². The van der Waals surface area contributed by atoms with E-state index in [9.17, 15) is 9.46 Å². The molecule has 156 valence electrons. The highest BCUT2D eigenvalue weighted by Crippen LogP contribution is 2.44. The second kappa shape index (κ2) is 9.92. The maximum absolute atomic E-state index is 12.4. The molecule has 9 nitrogen and oxygen atoms in total. The van der Waals surface area contributed by atoms with Crippen LogP contribution in [-0.4, -0.2) is 43.1 Å². The van der Waals surface area contributed by atoms with E-state index >= 15 is 0 Å². The molecule has 0 aliphatic rings. The van der Waals surface area contributed by atoms with E-state index in [1.807, 2.05) is 30.5 Å². The van der Waals surface area contributed by atoms with Crippen LogP contribution >= 0.6 is 29.2 Å². The number of nitrogens with zero attached hydrogens (tertiary/aromatic N) is 4. The maximum atomic E-state index is 12.4. The van der Waals surface area contributed by atoms with Crippen LogP contribution in [0.2, 0.25) is 0 Å². The fourth-order valence-corrected chi connectivity index (χ4v) is 5.02. The molecule has 2 atom stereocenters. The molecular formula is C17H22N5O4PS2. The number of anilines is 1. The number of rotatable bonds is 10. The van der Waals surface area contributed by atoms with Gasteiger partial charge < -0.3 is 24.5 Å². The van der Waals surface area contributed by atoms with E-state index in [1.165, 1.54) is 6.33 Å². The highest BCUT2D eigenvalue weighted by Gasteiger charge is 2.22. The van der Waals surface area contributed by atoms with Crippen molar-refractivity contribution in [2.75, 3.05) is 18.3 Å². The molecule has 0 radical (unpaired) electrons. The summed E-state index contributed by atoms with van der Waals surface area (Å²) >= 11 is 0. The van der Waals surface area contributed by atoms with E-state index < -0.39 is 13.9 Å². The van der Waals surface area contributed by atoms with Crippen LogP contribution in [-0.2, 0) is 27.0 Å². The molecule has 3 rings (SSSR count). The summed E-state index contributed by atoms with van der Waals surface area (Å²) in [5.74, 6) is 0.301. The molecular weight excluding hydrogens is 433 g/mol. The summed E-state index contributed by atoms with van der Waals surface area (Å²) in [5, 5.41) is 0. The number of benzene rings is 1. The minimum atomic E-state index is -3.91. The molecule has 29 heavy (non-hydrogen) atoms. The van der Waals surface area contributed by atoms with Gasteiger partial charge in [0.05, 0.1) is 25.6 Å².